The van der Waals surface area contributed by atoms with E-state index in [0.29, 0.717) is 16.9 Å². The smallest absolute Gasteiger partial charge is 0.335 e. The number of urea groups is 1. The van der Waals surface area contributed by atoms with Crippen LogP contribution in [0.3, 0.4) is 0 Å². The number of hydrogen-bond donors (Lipinski definition) is 2. The summed E-state index contributed by atoms with van der Waals surface area (Å²) in [5.41, 5.74) is 2.25. The Balaban J connectivity index is 1.58. The van der Waals surface area contributed by atoms with E-state index in [9.17, 15) is 18.8 Å². The molecule has 7 nitrogen and oxygen atoms in total. The maximum atomic E-state index is 13.1. The Hall–Kier alpha value is -4.20. The van der Waals surface area contributed by atoms with E-state index < -0.39 is 23.7 Å². The largest absolute Gasteiger partial charge is 0.478 e. The van der Waals surface area contributed by atoms with E-state index in [0.717, 1.165) is 4.90 Å². The van der Waals surface area contributed by atoms with E-state index >= 15 is 0 Å². The quantitative estimate of drug-likeness (QED) is 0.503. The van der Waals surface area contributed by atoms with Crippen LogP contribution in [0.4, 0.5) is 9.18 Å². The molecule has 0 atom stereocenters. The highest BCUT2D eigenvalue weighted by atomic mass is 19.1. The molecule has 1 fully saturated rings. The highest BCUT2D eigenvalue weighted by Gasteiger charge is 2.33. The summed E-state index contributed by atoms with van der Waals surface area (Å²) in [6, 6.07) is 14.8. The number of carbonyl (C=O) groups excluding carboxylic acids is 2. The standard InChI is InChI=1S/C22H16FN3O4/c23-16-7-3-14(4-8-16)13-26-20(27)19(24-22(26)30)12-18-2-1-11-25(18)17-9-5-15(6-10-17)21(28)29/h1-12H,13H2,(H,24,30)(H,28,29)/b19-12-. The maximum Gasteiger partial charge on any atom is 0.335 e. The molecule has 2 aromatic carbocycles. The van der Waals surface area contributed by atoms with Gasteiger partial charge in [0.2, 0.25) is 0 Å². The fourth-order valence-corrected chi connectivity index (χ4v) is 3.15. The normalized spacial score (nSPS) is 15.0. The van der Waals surface area contributed by atoms with Crippen molar-refractivity contribution in [2.24, 2.45) is 0 Å². The number of carboxylic acids is 1. The average Bonchev–Trinajstić information content (AvgIpc) is 3.30. The Morgan fingerprint density at radius 2 is 1.73 bits per heavy atom. The first-order chi connectivity index (χ1) is 14.4. The van der Waals surface area contributed by atoms with Gasteiger partial charge in [-0.15, -0.1) is 0 Å². The van der Waals surface area contributed by atoms with Crippen molar-refractivity contribution in [2.45, 2.75) is 6.54 Å². The van der Waals surface area contributed by atoms with E-state index in [1.807, 2.05) is 0 Å². The average molecular weight is 405 g/mol. The van der Waals surface area contributed by atoms with Crippen molar-refractivity contribution in [2.75, 3.05) is 0 Å². The van der Waals surface area contributed by atoms with E-state index in [-0.39, 0.29) is 17.8 Å². The molecule has 3 amide bonds. The second kappa shape index (κ2) is 7.67. The summed E-state index contributed by atoms with van der Waals surface area (Å²) in [7, 11) is 0. The molecule has 0 unspecified atom stereocenters. The lowest BCUT2D eigenvalue weighted by atomic mass is 10.2. The Labute approximate surface area is 170 Å². The van der Waals surface area contributed by atoms with E-state index in [4.69, 9.17) is 5.11 Å². The van der Waals surface area contributed by atoms with Gasteiger partial charge in [-0.05, 0) is 60.2 Å². The van der Waals surface area contributed by atoms with Gasteiger partial charge in [0.15, 0.2) is 0 Å². The van der Waals surface area contributed by atoms with Crippen molar-refractivity contribution in [1.29, 1.82) is 0 Å². The van der Waals surface area contributed by atoms with Crippen molar-refractivity contribution >= 4 is 24.0 Å². The van der Waals surface area contributed by atoms with Crippen LogP contribution in [0.25, 0.3) is 11.8 Å². The molecule has 4 rings (SSSR count). The number of hydrogen-bond acceptors (Lipinski definition) is 3. The molecule has 1 saturated heterocycles. The number of benzene rings is 2. The lowest BCUT2D eigenvalue weighted by Gasteiger charge is -2.11. The fraction of sp³-hybridized carbons (Fsp3) is 0.0455. The third kappa shape index (κ3) is 3.70. The van der Waals surface area contributed by atoms with Crippen LogP contribution in [-0.2, 0) is 11.3 Å². The number of nitrogens with zero attached hydrogens (tertiary/aromatic N) is 2. The van der Waals surface area contributed by atoms with Gasteiger partial charge in [0.1, 0.15) is 11.5 Å². The molecule has 1 aromatic heterocycles. The number of imide groups is 1. The number of rotatable bonds is 5. The summed E-state index contributed by atoms with van der Waals surface area (Å²) < 4.78 is 14.8. The van der Waals surface area contributed by atoms with Crippen molar-refractivity contribution in [1.82, 2.24) is 14.8 Å². The molecule has 8 heteroatoms. The van der Waals surface area contributed by atoms with Crippen LogP contribution in [0.1, 0.15) is 21.6 Å². The predicted octanol–water partition coefficient (Wildman–Crippen LogP) is 3.41. The van der Waals surface area contributed by atoms with Gasteiger partial charge in [-0.1, -0.05) is 12.1 Å². The molecular formula is C22H16FN3O4. The van der Waals surface area contributed by atoms with Crippen LogP contribution in [0.5, 0.6) is 0 Å². The molecule has 1 aliphatic rings. The summed E-state index contributed by atoms with van der Waals surface area (Å²) in [6.07, 6.45) is 3.32. The highest BCUT2D eigenvalue weighted by Crippen LogP contribution is 2.20. The first kappa shape index (κ1) is 19.1. The molecule has 0 spiro atoms. The minimum absolute atomic E-state index is 0.0277. The molecule has 0 bridgehead atoms. The first-order valence-electron chi connectivity index (χ1n) is 9.02. The molecule has 3 aromatic rings. The fourth-order valence-electron chi connectivity index (χ4n) is 3.15. The number of amides is 3. The molecule has 0 radical (unpaired) electrons. The predicted molar refractivity (Wildman–Crippen MR) is 106 cm³/mol. The molecule has 2 N–H and O–H groups in total. The second-order valence-electron chi connectivity index (χ2n) is 6.66. The summed E-state index contributed by atoms with van der Waals surface area (Å²) in [6.45, 7) is 0.0277. The highest BCUT2D eigenvalue weighted by molar-refractivity contribution is 6.13. The molecule has 150 valence electrons. The summed E-state index contributed by atoms with van der Waals surface area (Å²) >= 11 is 0. The number of halogens is 1. The Morgan fingerprint density at radius 1 is 1.03 bits per heavy atom. The summed E-state index contributed by atoms with van der Waals surface area (Å²) in [5.74, 6) is -1.90. The van der Waals surface area contributed by atoms with Gasteiger partial charge < -0.3 is 15.0 Å². The molecular weight excluding hydrogens is 389 g/mol. The monoisotopic (exact) mass is 405 g/mol. The van der Waals surface area contributed by atoms with Crippen LogP contribution >= 0.6 is 0 Å². The van der Waals surface area contributed by atoms with Crippen LogP contribution in [0.2, 0.25) is 0 Å². The maximum absolute atomic E-state index is 13.1. The number of nitrogens with one attached hydrogen (secondary N) is 1. The lowest BCUT2D eigenvalue weighted by Crippen LogP contribution is -2.30. The van der Waals surface area contributed by atoms with Gasteiger partial charge in [0, 0.05) is 17.6 Å². The van der Waals surface area contributed by atoms with Gasteiger partial charge in [0.25, 0.3) is 5.91 Å². The van der Waals surface area contributed by atoms with Gasteiger partial charge in [-0.3, -0.25) is 9.69 Å². The summed E-state index contributed by atoms with van der Waals surface area (Å²) in [5, 5.41) is 11.6. The van der Waals surface area contributed by atoms with Crippen LogP contribution in [0.15, 0.2) is 72.6 Å². The van der Waals surface area contributed by atoms with Gasteiger partial charge in [-0.2, -0.15) is 0 Å². The van der Waals surface area contributed by atoms with Crippen molar-refractivity contribution in [3.8, 4) is 5.69 Å². The number of aromatic carboxylic acids is 1. The Bertz CT molecular complexity index is 1160. The number of aromatic nitrogens is 1. The van der Waals surface area contributed by atoms with Crippen LogP contribution in [-0.4, -0.2) is 32.5 Å². The van der Waals surface area contributed by atoms with Crippen LogP contribution < -0.4 is 5.32 Å². The third-order valence-electron chi connectivity index (χ3n) is 4.68. The van der Waals surface area contributed by atoms with Crippen molar-refractivity contribution in [3.05, 3.63) is 95.2 Å². The van der Waals surface area contributed by atoms with Gasteiger partial charge in [0.05, 0.1) is 12.1 Å². The zero-order valence-corrected chi connectivity index (χ0v) is 15.6. The van der Waals surface area contributed by atoms with Crippen molar-refractivity contribution in [3.63, 3.8) is 0 Å². The van der Waals surface area contributed by atoms with Crippen LogP contribution in [0, 0.1) is 5.82 Å². The second-order valence-corrected chi connectivity index (χ2v) is 6.66. The Morgan fingerprint density at radius 3 is 2.40 bits per heavy atom. The topological polar surface area (TPSA) is 91.6 Å². The number of carboxylic acid groups (broad SMARTS) is 1. The molecule has 0 aliphatic carbocycles. The van der Waals surface area contributed by atoms with Crippen molar-refractivity contribution < 1.29 is 23.9 Å². The van der Waals surface area contributed by atoms with Gasteiger partial charge >= 0.3 is 12.0 Å². The lowest BCUT2D eigenvalue weighted by molar-refractivity contribution is -0.123. The minimum Gasteiger partial charge on any atom is -0.478 e. The molecule has 30 heavy (non-hydrogen) atoms. The first-order valence-corrected chi connectivity index (χ1v) is 9.02. The Kier molecular flexibility index (Phi) is 4.89. The minimum atomic E-state index is -1.02. The molecule has 1 aliphatic heterocycles. The van der Waals surface area contributed by atoms with E-state index in [1.54, 1.807) is 41.1 Å². The zero-order valence-electron chi connectivity index (χ0n) is 15.6. The molecule has 2 heterocycles. The van der Waals surface area contributed by atoms with E-state index in [2.05, 4.69) is 5.32 Å². The SMILES string of the molecule is O=C(O)c1ccc(-n2cccc2/C=C2\NC(=O)N(Cc3ccc(F)cc3)C2=O)cc1. The van der Waals surface area contributed by atoms with Gasteiger partial charge in [-0.25, -0.2) is 14.0 Å². The number of carbonyl (C=O) groups is 3. The third-order valence-corrected chi connectivity index (χ3v) is 4.68. The molecule has 0 saturated carbocycles. The zero-order chi connectivity index (χ0) is 21.3. The summed E-state index contributed by atoms with van der Waals surface area (Å²) in [4.78, 5) is 37.0. The van der Waals surface area contributed by atoms with E-state index in [1.165, 1.54) is 36.4 Å².